The zero-order valence-corrected chi connectivity index (χ0v) is 40.0. The lowest BCUT2D eigenvalue weighted by atomic mass is 9.94. The highest BCUT2D eigenvalue weighted by atomic mass is 32.2. The van der Waals surface area contributed by atoms with Gasteiger partial charge < -0.3 is 19.5 Å². The van der Waals surface area contributed by atoms with E-state index in [4.69, 9.17) is 14.0 Å². The number of fused-ring (bicyclic) bond motifs is 1. The molecule has 1 saturated heterocycles. The van der Waals surface area contributed by atoms with Crippen molar-refractivity contribution in [1.29, 1.82) is 0 Å². The fourth-order valence-corrected chi connectivity index (χ4v) is 14.7. The van der Waals surface area contributed by atoms with Gasteiger partial charge in [0.1, 0.15) is 28.1 Å². The average molecular weight is 989 g/mol. The van der Waals surface area contributed by atoms with Crippen molar-refractivity contribution in [2.75, 3.05) is 5.75 Å². The average Bonchev–Trinajstić information content (AvgIpc) is 3.97. The molecule has 1 heterocycles. The smallest absolute Gasteiger partial charge is 0.335 e. The predicted octanol–water partition coefficient (Wildman–Crippen LogP) is 8.91. The summed E-state index contributed by atoms with van der Waals surface area (Å²) in [5, 5.41) is 18.5. The summed E-state index contributed by atoms with van der Waals surface area (Å²) in [5.74, 6) is -4.37. The number of aryl methyl sites for hydroxylation is 1. The quantitative estimate of drug-likeness (QED) is 0.0597. The maximum Gasteiger partial charge on any atom is 0.335 e. The molecule has 1 N–H and O–H groups in total. The van der Waals surface area contributed by atoms with E-state index in [1.807, 2.05) is 0 Å². The molecular weight excluding hydrogens is 941 g/mol. The van der Waals surface area contributed by atoms with E-state index in [1.165, 1.54) is 59.2 Å². The molecule has 0 radical (unpaired) electrons. The maximum atomic E-state index is 11.6. The molecule has 5 atom stereocenters. The second kappa shape index (κ2) is 22.7. The first-order chi connectivity index (χ1) is 32.7. The number of carboxylic acids is 1. The highest BCUT2D eigenvalue weighted by Crippen LogP contribution is 2.55. The second-order valence-electron chi connectivity index (χ2n) is 15.9. The van der Waals surface area contributed by atoms with Gasteiger partial charge in [-0.05, 0) is 98.6 Å². The minimum Gasteiger partial charge on any atom is -0.872 e. The van der Waals surface area contributed by atoms with Gasteiger partial charge in [-0.15, -0.1) is 0 Å². The van der Waals surface area contributed by atoms with Crippen LogP contribution < -0.4 is 5.11 Å². The highest BCUT2D eigenvalue weighted by Gasteiger charge is 2.65. The summed E-state index contributed by atoms with van der Waals surface area (Å²) in [5.41, 5.74) is 1.13. The fourth-order valence-electron chi connectivity index (χ4n) is 8.29. The molecule has 0 spiro atoms. The van der Waals surface area contributed by atoms with Gasteiger partial charge >= 0.3 is 11.9 Å². The summed E-state index contributed by atoms with van der Waals surface area (Å²) in [6, 6.07) is 68.1. The van der Waals surface area contributed by atoms with Crippen LogP contribution in [-0.2, 0) is 55.7 Å². The van der Waals surface area contributed by atoms with Gasteiger partial charge in [-0.25, -0.2) is 13.2 Å². The molecule has 11 nitrogen and oxygen atoms in total. The normalized spacial score (nSPS) is 19.3. The van der Waals surface area contributed by atoms with Crippen LogP contribution in [0, 0.1) is 18.8 Å². The summed E-state index contributed by atoms with van der Waals surface area (Å²) < 4.78 is 64.5. The van der Waals surface area contributed by atoms with Crippen LogP contribution in [0.1, 0.15) is 28.8 Å². The molecular formula is C53H48O11S4. The molecule has 0 amide bonds. The minimum atomic E-state index is -4.70. The molecule has 1 aliphatic heterocycles. The third-order valence-electron chi connectivity index (χ3n) is 11.2. The van der Waals surface area contributed by atoms with Gasteiger partial charge in [0.2, 0.25) is 0 Å². The third-order valence-corrected chi connectivity index (χ3v) is 18.1. The van der Waals surface area contributed by atoms with Crippen molar-refractivity contribution >= 4 is 54.0 Å². The zero-order chi connectivity index (χ0) is 48.3. The molecule has 2 bridgehead atoms. The minimum absolute atomic E-state index is 0.0146. The van der Waals surface area contributed by atoms with Crippen LogP contribution in [-0.4, -0.2) is 61.6 Å². The number of aromatic carboxylic acids is 1. The topological polar surface area (TPSA) is 187 Å². The molecule has 0 aromatic heterocycles. The van der Waals surface area contributed by atoms with Gasteiger partial charge in [0.25, 0.3) is 10.1 Å². The first-order valence-corrected chi connectivity index (χ1v) is 27.0. The number of rotatable bonds is 10. The number of carbonyl (C=O) groups is 2. The predicted molar refractivity (Wildman–Crippen MR) is 259 cm³/mol. The summed E-state index contributed by atoms with van der Waals surface area (Å²) in [6.45, 7) is 2.13. The maximum absolute atomic E-state index is 11.6. The Labute approximate surface area is 403 Å². The second-order valence-corrected chi connectivity index (χ2v) is 23.2. The summed E-state index contributed by atoms with van der Waals surface area (Å²) in [7, 11) is -8.34. The van der Waals surface area contributed by atoms with Crippen molar-refractivity contribution in [2.24, 2.45) is 11.8 Å². The molecule has 7 aromatic rings. The standard InChI is InChI=1S/C19H17S.C18H15S.C9H12O8S2.C7H6O3/c1-16-12-14-19(15-13-16)20(17-8-4-2-5-9-17)18-10-6-3-7-11-18;1-4-10-16(11-5-1)19(17-12-6-2-7-13-17)18-14-8-3-9-15-18;10-7(3-18(11,12)13)16-8-4-1-5-6(2-4)19(14,15)17-9(5)8;8-6-4-2-1-3-5(6)7(9)10/h2-15H,1H3;1-15H;4-6,8-9H,1-3H2,(H,11,12,13);1-4,8H,(H,9,10)/q2*+1;;/p-2. The van der Waals surface area contributed by atoms with Gasteiger partial charge in [-0.1, -0.05) is 133 Å². The van der Waals surface area contributed by atoms with Crippen molar-refractivity contribution < 1.29 is 50.1 Å². The number of carbonyl (C=O) groups excluding carboxylic acids is 1. The first-order valence-electron chi connectivity index (χ1n) is 21.5. The van der Waals surface area contributed by atoms with Crippen LogP contribution in [0.3, 0.4) is 0 Å². The van der Waals surface area contributed by atoms with Crippen LogP contribution in [0.2, 0.25) is 0 Å². The van der Waals surface area contributed by atoms with Crippen LogP contribution in [0.5, 0.6) is 5.75 Å². The van der Waals surface area contributed by atoms with Gasteiger partial charge in [-0.3, -0.25) is 8.98 Å². The molecule has 2 saturated carbocycles. The number of benzene rings is 7. The Balaban J connectivity index is 0.000000138. The lowest BCUT2D eigenvalue weighted by molar-refractivity contribution is -0.268. The van der Waals surface area contributed by atoms with Crippen molar-refractivity contribution in [1.82, 2.24) is 0 Å². The molecule has 68 heavy (non-hydrogen) atoms. The van der Waals surface area contributed by atoms with E-state index in [0.29, 0.717) is 12.8 Å². The number of ether oxygens (including phenoxy) is 1. The first kappa shape index (κ1) is 49.7. The summed E-state index contributed by atoms with van der Waals surface area (Å²) in [4.78, 5) is 29.7. The monoisotopic (exact) mass is 988 g/mol. The van der Waals surface area contributed by atoms with Gasteiger partial charge in [-0.2, -0.15) is 8.42 Å². The summed E-state index contributed by atoms with van der Waals surface area (Å²) >= 11 is 0. The molecule has 350 valence electrons. The molecule has 3 fully saturated rings. The lowest BCUT2D eigenvalue weighted by Crippen LogP contribution is -2.38. The Hall–Kier alpha value is -6.20. The summed E-state index contributed by atoms with van der Waals surface area (Å²) in [6.07, 6.45) is -0.567. The fraction of sp³-hybridized carbons (Fsp3) is 0.170. The van der Waals surface area contributed by atoms with Crippen molar-refractivity contribution in [2.45, 2.75) is 66.6 Å². The Kier molecular flexibility index (Phi) is 16.6. The number of hydrogen-bond acceptors (Lipinski definition) is 10. The lowest BCUT2D eigenvalue weighted by Gasteiger charge is -2.25. The Morgan fingerprint density at radius 1 is 0.618 bits per heavy atom. The van der Waals surface area contributed by atoms with E-state index in [-0.39, 0.29) is 39.2 Å². The molecule has 3 aliphatic rings. The third kappa shape index (κ3) is 12.9. The van der Waals surface area contributed by atoms with Crippen molar-refractivity contribution in [3.63, 3.8) is 0 Å². The van der Waals surface area contributed by atoms with Crippen molar-refractivity contribution in [3.8, 4) is 5.75 Å². The van der Waals surface area contributed by atoms with Crippen molar-refractivity contribution in [3.05, 3.63) is 211 Å². The largest absolute Gasteiger partial charge is 0.872 e. The van der Waals surface area contributed by atoms with Gasteiger partial charge in [0.15, 0.2) is 29.4 Å². The number of hydrogen-bond donors (Lipinski definition) is 1. The van der Waals surface area contributed by atoms with Crippen LogP contribution >= 0.6 is 0 Å². The molecule has 10 rings (SSSR count). The number of carboxylic acid groups (broad SMARTS) is 1. The van der Waals surface area contributed by atoms with E-state index >= 15 is 0 Å². The van der Waals surface area contributed by atoms with E-state index in [0.717, 1.165) is 0 Å². The Morgan fingerprint density at radius 3 is 1.37 bits per heavy atom. The number of esters is 1. The Bertz CT molecular complexity index is 2830. The van der Waals surface area contributed by atoms with Crippen LogP contribution in [0.25, 0.3) is 0 Å². The molecule has 7 aromatic carbocycles. The zero-order valence-electron chi connectivity index (χ0n) is 36.7. The number of para-hydroxylation sites is 1. The van der Waals surface area contributed by atoms with E-state index in [9.17, 15) is 36.1 Å². The van der Waals surface area contributed by atoms with Gasteiger partial charge in [0.05, 0.1) is 32.6 Å². The van der Waals surface area contributed by atoms with E-state index < -0.39 is 61.1 Å². The van der Waals surface area contributed by atoms with E-state index in [2.05, 4.69) is 183 Å². The SMILES string of the molecule is Cc1ccc([S+](c2ccccc2)c2ccccc2)cc1.O=C(CS(=O)(=O)[O-])OC1C2CC3C1OS(=O)(=O)C3C2.O=C(O)c1ccccc1[O-].c1ccc([S+](c2ccccc2)c2ccccc2)cc1. The Morgan fingerprint density at radius 2 is 1.00 bits per heavy atom. The van der Waals surface area contributed by atoms with E-state index in [1.54, 1.807) is 0 Å². The molecule has 2 aliphatic carbocycles. The van der Waals surface area contributed by atoms with Crippen LogP contribution in [0.4, 0.5) is 0 Å². The van der Waals surface area contributed by atoms with Gasteiger partial charge in [0, 0.05) is 11.8 Å². The van der Waals surface area contributed by atoms with Crippen LogP contribution in [0.15, 0.2) is 230 Å². The molecule has 15 heteroatoms. The molecule has 5 unspecified atom stereocenters. The highest BCUT2D eigenvalue weighted by molar-refractivity contribution is 7.97.